The molecule has 0 bridgehead atoms. The lowest BCUT2D eigenvalue weighted by Crippen LogP contribution is -2.37. The van der Waals surface area contributed by atoms with Gasteiger partial charge in [-0.05, 0) is 70.6 Å². The zero-order chi connectivity index (χ0) is 42.0. The van der Waals surface area contributed by atoms with E-state index in [9.17, 15) is 14.3 Å². The van der Waals surface area contributed by atoms with Gasteiger partial charge < -0.3 is 18.9 Å². The van der Waals surface area contributed by atoms with Gasteiger partial charge in [0.15, 0.2) is 0 Å². The van der Waals surface area contributed by atoms with Crippen LogP contribution in [0.5, 0.6) is 0 Å². The number of hydrogen-bond acceptors (Lipinski definition) is 6. The van der Waals surface area contributed by atoms with E-state index in [-0.39, 0.29) is 25.8 Å². The molecule has 0 amide bonds. The Morgan fingerprint density at radius 2 is 1.00 bits per heavy atom. The molecule has 9 heteroatoms. The average Bonchev–Trinajstić information content (AvgIpc) is 3.16. The number of ether oxygens (including phenoxy) is 2. The Balaban J connectivity index is 4.16. The second-order valence-corrected chi connectivity index (χ2v) is 18.2. The van der Waals surface area contributed by atoms with Crippen molar-refractivity contribution < 1.29 is 37.3 Å². The van der Waals surface area contributed by atoms with Crippen molar-refractivity contribution in [3.05, 3.63) is 48.6 Å². The Bertz CT molecular complexity index is 1050. The van der Waals surface area contributed by atoms with Crippen LogP contribution in [-0.4, -0.2) is 75.6 Å². The fraction of sp³-hybridized carbons (Fsp3) is 0.812. The summed E-state index contributed by atoms with van der Waals surface area (Å²) in [6.45, 7) is 5.53. The molecule has 334 valence electrons. The Morgan fingerprint density at radius 3 is 1.49 bits per heavy atom. The first-order chi connectivity index (χ1) is 27.6. The first-order valence-corrected chi connectivity index (χ1v) is 24.9. The Labute approximate surface area is 352 Å². The lowest BCUT2D eigenvalue weighted by molar-refractivity contribution is -0.870. The maximum atomic E-state index is 12.7. The molecule has 0 heterocycles. The van der Waals surface area contributed by atoms with E-state index < -0.39 is 13.9 Å². The van der Waals surface area contributed by atoms with Crippen molar-refractivity contribution in [2.24, 2.45) is 0 Å². The molecule has 0 radical (unpaired) electrons. The van der Waals surface area contributed by atoms with E-state index >= 15 is 0 Å². The number of unbranched alkanes of at least 4 members (excludes halogenated alkanes) is 21. The summed E-state index contributed by atoms with van der Waals surface area (Å²) in [5.41, 5.74) is 0. The van der Waals surface area contributed by atoms with Gasteiger partial charge in [-0.15, -0.1) is 0 Å². The highest BCUT2D eigenvalue weighted by molar-refractivity contribution is 7.47. The molecule has 0 saturated heterocycles. The highest BCUT2D eigenvalue weighted by Crippen LogP contribution is 2.43. The van der Waals surface area contributed by atoms with Gasteiger partial charge in [-0.3, -0.25) is 13.8 Å². The van der Waals surface area contributed by atoms with Crippen LogP contribution in [0, 0.1) is 0 Å². The van der Waals surface area contributed by atoms with Gasteiger partial charge in [-0.2, -0.15) is 0 Å². The lowest BCUT2D eigenvalue weighted by Gasteiger charge is -2.24. The summed E-state index contributed by atoms with van der Waals surface area (Å²) in [6, 6.07) is 0. The quantitative estimate of drug-likeness (QED) is 0.0215. The maximum absolute atomic E-state index is 12.7. The van der Waals surface area contributed by atoms with Crippen LogP contribution in [0.1, 0.15) is 194 Å². The molecule has 0 aromatic carbocycles. The molecule has 0 fully saturated rings. The average molecular weight is 825 g/mol. The summed E-state index contributed by atoms with van der Waals surface area (Å²) in [6.07, 6.45) is 50.1. The van der Waals surface area contributed by atoms with Crippen LogP contribution < -0.4 is 0 Å². The number of likely N-dealkylation sites (N-methyl/N-ethyl adjacent to an activating group) is 1. The smallest absolute Gasteiger partial charge is 0.457 e. The highest BCUT2D eigenvalue weighted by Gasteiger charge is 2.26. The molecule has 2 unspecified atom stereocenters. The van der Waals surface area contributed by atoms with Crippen molar-refractivity contribution >= 4 is 13.8 Å². The first kappa shape index (κ1) is 55.5. The van der Waals surface area contributed by atoms with Crippen molar-refractivity contribution in [3.8, 4) is 0 Å². The third-order valence-electron chi connectivity index (χ3n) is 9.84. The number of phosphoric acid groups is 1. The molecule has 0 rings (SSSR count). The van der Waals surface area contributed by atoms with Gasteiger partial charge in [-0.1, -0.05) is 165 Å². The fourth-order valence-corrected chi connectivity index (χ4v) is 6.95. The summed E-state index contributed by atoms with van der Waals surface area (Å²) in [5, 5.41) is 0. The van der Waals surface area contributed by atoms with Crippen LogP contribution in [0.25, 0.3) is 0 Å². The van der Waals surface area contributed by atoms with Crippen LogP contribution in [0.15, 0.2) is 48.6 Å². The number of carbonyl (C=O) groups excluding carboxylic acids is 1. The van der Waals surface area contributed by atoms with E-state index in [1.165, 1.54) is 103 Å². The van der Waals surface area contributed by atoms with E-state index in [1.54, 1.807) is 0 Å². The predicted octanol–water partition coefficient (Wildman–Crippen LogP) is 13.9. The molecule has 0 saturated carbocycles. The molecule has 8 nitrogen and oxygen atoms in total. The minimum absolute atomic E-state index is 0.0839. The summed E-state index contributed by atoms with van der Waals surface area (Å²) in [4.78, 5) is 22.9. The van der Waals surface area contributed by atoms with Crippen LogP contribution in [-0.2, 0) is 27.9 Å². The third-order valence-corrected chi connectivity index (χ3v) is 10.8. The highest BCUT2D eigenvalue weighted by atomic mass is 31.2. The molecule has 0 aliphatic rings. The van der Waals surface area contributed by atoms with Gasteiger partial charge in [0.05, 0.1) is 34.4 Å². The number of quaternary nitrogens is 1. The number of hydrogen-bond donors (Lipinski definition) is 1. The normalized spacial score (nSPS) is 14.1. The third kappa shape index (κ3) is 45.4. The zero-order valence-electron chi connectivity index (χ0n) is 37.8. The van der Waals surface area contributed by atoms with E-state index in [1.807, 2.05) is 21.1 Å². The van der Waals surface area contributed by atoms with Crippen molar-refractivity contribution in [3.63, 3.8) is 0 Å². The van der Waals surface area contributed by atoms with E-state index in [0.29, 0.717) is 24.1 Å². The molecule has 1 N–H and O–H groups in total. The molecule has 0 aromatic rings. The largest absolute Gasteiger partial charge is 0.472 e. The summed E-state index contributed by atoms with van der Waals surface area (Å²) in [5.74, 6) is -0.330. The lowest BCUT2D eigenvalue weighted by atomic mass is 10.1. The van der Waals surface area contributed by atoms with Crippen molar-refractivity contribution in [1.82, 2.24) is 0 Å². The topological polar surface area (TPSA) is 91.3 Å². The minimum Gasteiger partial charge on any atom is -0.457 e. The van der Waals surface area contributed by atoms with Gasteiger partial charge in [0.1, 0.15) is 19.3 Å². The molecule has 0 aromatic heterocycles. The number of carbonyl (C=O) groups is 1. The van der Waals surface area contributed by atoms with Gasteiger partial charge in [0.2, 0.25) is 0 Å². The van der Waals surface area contributed by atoms with Crippen molar-refractivity contribution in [2.45, 2.75) is 200 Å². The van der Waals surface area contributed by atoms with Gasteiger partial charge in [0.25, 0.3) is 0 Å². The number of rotatable bonds is 43. The number of allylic oxidation sites excluding steroid dienone is 8. The first-order valence-electron chi connectivity index (χ1n) is 23.4. The van der Waals surface area contributed by atoms with E-state index in [0.717, 1.165) is 70.6 Å². The summed E-state index contributed by atoms with van der Waals surface area (Å²) < 4.78 is 35.0. The molecule has 57 heavy (non-hydrogen) atoms. The van der Waals surface area contributed by atoms with Crippen molar-refractivity contribution in [1.29, 1.82) is 0 Å². The molecule has 0 aliphatic carbocycles. The molecular weight excluding hydrogens is 734 g/mol. The summed E-state index contributed by atoms with van der Waals surface area (Å²) >= 11 is 0. The Kier molecular flexibility index (Phi) is 40.1. The Morgan fingerprint density at radius 1 is 0.544 bits per heavy atom. The Hall–Kier alpha value is -1.54. The zero-order valence-corrected chi connectivity index (χ0v) is 38.7. The van der Waals surface area contributed by atoms with Crippen LogP contribution in [0.3, 0.4) is 0 Å². The predicted molar refractivity (Wildman–Crippen MR) is 243 cm³/mol. The molecule has 0 aliphatic heterocycles. The van der Waals surface area contributed by atoms with Crippen LogP contribution in [0.2, 0.25) is 0 Å². The standard InChI is InChI=1S/C48H90NO7P/c1-6-8-10-12-14-16-18-20-21-22-23-24-25-26-27-28-30-32-34-36-38-40-43-53-45-47(46-55-57(51,52)54-44-42-49(3,4)5)56-48(50)41-39-37-35-33-31-29-19-17-15-13-11-9-7-2/h11,13,17-20,22-23,47H,6-10,12,14-16,21,24-46H2,1-5H3/p+1/b13-11-,19-17-,20-18-,23-22-. The van der Waals surface area contributed by atoms with E-state index in [2.05, 4.69) is 62.5 Å². The van der Waals surface area contributed by atoms with Gasteiger partial charge in [-0.25, -0.2) is 4.57 Å². The summed E-state index contributed by atoms with van der Waals surface area (Å²) in [7, 11) is 1.65. The number of nitrogens with zero attached hydrogens (tertiary/aromatic N) is 1. The number of phosphoric ester groups is 1. The SMILES string of the molecule is CCC/C=C\C/C=C\CCCCCCCC(=O)OC(COCCCCCCCCCCCC/C=C\C/C=C\CCCCCCC)COP(=O)(O)OCC[N+](C)(C)C. The molecule has 2 atom stereocenters. The fourth-order valence-electron chi connectivity index (χ4n) is 6.21. The van der Waals surface area contributed by atoms with Crippen molar-refractivity contribution in [2.75, 3.05) is 54.1 Å². The van der Waals surface area contributed by atoms with Crippen LogP contribution in [0.4, 0.5) is 0 Å². The molecular formula is C48H91NO7P+. The monoisotopic (exact) mass is 825 g/mol. The van der Waals surface area contributed by atoms with Gasteiger partial charge in [0, 0.05) is 13.0 Å². The second-order valence-electron chi connectivity index (χ2n) is 16.8. The molecule has 0 spiro atoms. The van der Waals surface area contributed by atoms with Crippen LogP contribution >= 0.6 is 7.82 Å². The second kappa shape index (κ2) is 41.2. The van der Waals surface area contributed by atoms with Gasteiger partial charge >= 0.3 is 13.8 Å². The number of esters is 1. The maximum Gasteiger partial charge on any atom is 0.472 e. The van der Waals surface area contributed by atoms with E-state index in [4.69, 9.17) is 18.5 Å². The minimum atomic E-state index is -4.28.